The fraction of sp³-hybridized carbons (Fsp3) is 0.250. The lowest BCUT2D eigenvalue weighted by molar-refractivity contribution is -0.113. The topological polar surface area (TPSA) is 125 Å². The summed E-state index contributed by atoms with van der Waals surface area (Å²) >= 11 is 7.14. The summed E-state index contributed by atoms with van der Waals surface area (Å²) in [5.41, 5.74) is 8.66. The number of aryl methyl sites for hydroxylation is 1. The van der Waals surface area contributed by atoms with Crippen molar-refractivity contribution >= 4 is 41.0 Å². The van der Waals surface area contributed by atoms with Crippen molar-refractivity contribution in [2.24, 2.45) is 0 Å². The van der Waals surface area contributed by atoms with E-state index in [0.29, 0.717) is 22.4 Å². The number of methoxy groups -OCH3 is 2. The van der Waals surface area contributed by atoms with Crippen LogP contribution in [-0.4, -0.2) is 45.8 Å². The van der Waals surface area contributed by atoms with Crippen LogP contribution in [0.2, 0.25) is 5.02 Å². The number of amides is 1. The van der Waals surface area contributed by atoms with E-state index in [2.05, 4.69) is 25.3 Å². The van der Waals surface area contributed by atoms with Gasteiger partial charge in [-0.15, -0.1) is 0 Å². The van der Waals surface area contributed by atoms with Crippen molar-refractivity contribution < 1.29 is 14.3 Å². The number of benzene rings is 1. The third-order valence-electron chi connectivity index (χ3n) is 4.14. The van der Waals surface area contributed by atoms with Gasteiger partial charge in [0.05, 0.1) is 31.7 Å². The zero-order valence-corrected chi connectivity index (χ0v) is 18.8. The highest BCUT2D eigenvalue weighted by Crippen LogP contribution is 2.31. The minimum atomic E-state index is -0.331. The fourth-order valence-electron chi connectivity index (χ4n) is 2.71. The summed E-state index contributed by atoms with van der Waals surface area (Å²) in [6.45, 7) is 1.98. The first-order valence-electron chi connectivity index (χ1n) is 9.25. The van der Waals surface area contributed by atoms with Crippen LogP contribution in [0.3, 0.4) is 0 Å². The zero-order chi connectivity index (χ0) is 22.4. The smallest absolute Gasteiger partial charge is 0.237 e. The number of nitrogens with zero attached hydrogens (tertiary/aromatic N) is 4. The van der Waals surface area contributed by atoms with Gasteiger partial charge in [0, 0.05) is 10.6 Å². The molecular formula is C20H21ClN6O3S. The van der Waals surface area contributed by atoms with Gasteiger partial charge in [-0.05, 0) is 24.1 Å². The second kappa shape index (κ2) is 10.3. The Labute approximate surface area is 188 Å². The van der Waals surface area contributed by atoms with Crippen LogP contribution in [0.4, 0.5) is 11.8 Å². The van der Waals surface area contributed by atoms with Crippen molar-refractivity contribution in [2.45, 2.75) is 18.5 Å². The van der Waals surface area contributed by atoms with Gasteiger partial charge in [0.15, 0.2) is 5.16 Å². The molecule has 162 valence electrons. The number of rotatable bonds is 8. The monoisotopic (exact) mass is 460 g/mol. The molecule has 3 rings (SSSR count). The molecule has 0 bridgehead atoms. The quantitative estimate of drug-likeness (QED) is 0.383. The highest BCUT2D eigenvalue weighted by Gasteiger charge is 2.15. The second-order valence-corrected chi connectivity index (χ2v) is 7.57. The van der Waals surface area contributed by atoms with Crippen LogP contribution in [0.5, 0.6) is 11.8 Å². The summed E-state index contributed by atoms with van der Waals surface area (Å²) < 4.78 is 10.1. The van der Waals surface area contributed by atoms with Gasteiger partial charge in [-0.25, -0.2) is 9.97 Å². The maximum atomic E-state index is 12.4. The molecule has 0 aliphatic carbocycles. The minimum absolute atomic E-state index is 0.0474. The lowest BCUT2D eigenvalue weighted by atomic mass is 10.0. The number of aromatic nitrogens is 4. The van der Waals surface area contributed by atoms with Crippen molar-refractivity contribution in [1.29, 1.82) is 0 Å². The normalized spacial score (nSPS) is 10.6. The number of nitrogens with one attached hydrogen (secondary N) is 1. The van der Waals surface area contributed by atoms with Crippen LogP contribution < -0.4 is 20.5 Å². The van der Waals surface area contributed by atoms with Crippen LogP contribution in [0.15, 0.2) is 35.5 Å². The Hall–Kier alpha value is -3.11. The van der Waals surface area contributed by atoms with Gasteiger partial charge in [-0.3, -0.25) is 10.1 Å². The summed E-state index contributed by atoms with van der Waals surface area (Å²) in [6.07, 6.45) is 0.655. The van der Waals surface area contributed by atoms with E-state index < -0.39 is 0 Å². The molecule has 3 aromatic rings. The number of nitrogens with two attached hydrogens (primary N) is 1. The standard InChI is InChI=1S/C20H21ClN6O3S/c1-4-13-17(11-5-7-12(21)8-6-11)18(22)27-20(23-13)31-10-14(28)24-19-25-15(29-2)9-16(26-19)30-3/h5-9H,4,10H2,1-3H3,(H2,22,23,27)(H,24,25,26,28). The minimum Gasteiger partial charge on any atom is -0.481 e. The number of nitrogen functional groups attached to an aromatic ring is 1. The van der Waals surface area contributed by atoms with E-state index in [9.17, 15) is 4.79 Å². The van der Waals surface area contributed by atoms with Crippen molar-refractivity contribution in [3.05, 3.63) is 41.0 Å². The molecule has 0 saturated heterocycles. The summed E-state index contributed by atoms with van der Waals surface area (Å²) in [6, 6.07) is 8.84. The highest BCUT2D eigenvalue weighted by atomic mass is 35.5. The lowest BCUT2D eigenvalue weighted by Gasteiger charge is -2.12. The zero-order valence-electron chi connectivity index (χ0n) is 17.2. The van der Waals surface area contributed by atoms with Crippen LogP contribution in [-0.2, 0) is 11.2 Å². The first-order chi connectivity index (χ1) is 14.9. The van der Waals surface area contributed by atoms with Crippen molar-refractivity contribution in [3.8, 4) is 22.9 Å². The van der Waals surface area contributed by atoms with Gasteiger partial charge in [-0.2, -0.15) is 9.97 Å². The summed E-state index contributed by atoms with van der Waals surface area (Å²) in [7, 11) is 2.92. The average Bonchev–Trinajstić information content (AvgIpc) is 2.77. The first kappa shape index (κ1) is 22.6. The molecule has 9 nitrogen and oxygen atoms in total. The molecule has 2 heterocycles. The van der Waals surface area contributed by atoms with Crippen LogP contribution in [0, 0.1) is 0 Å². The predicted octanol–water partition coefficient (Wildman–Crippen LogP) is 3.48. The number of ether oxygens (including phenoxy) is 2. The van der Waals surface area contributed by atoms with Gasteiger partial charge < -0.3 is 15.2 Å². The van der Waals surface area contributed by atoms with Gasteiger partial charge in [0.1, 0.15) is 5.82 Å². The Morgan fingerprint density at radius 2 is 1.74 bits per heavy atom. The molecule has 1 aromatic carbocycles. The molecule has 0 fully saturated rings. The molecule has 0 aliphatic heterocycles. The molecule has 31 heavy (non-hydrogen) atoms. The van der Waals surface area contributed by atoms with E-state index in [1.54, 1.807) is 12.1 Å². The number of anilines is 2. The third kappa shape index (κ3) is 5.74. The van der Waals surface area contributed by atoms with E-state index in [4.69, 9.17) is 26.8 Å². The maximum Gasteiger partial charge on any atom is 0.237 e. The molecule has 0 aliphatic rings. The fourth-order valence-corrected chi connectivity index (χ4v) is 3.51. The Balaban J connectivity index is 1.72. The van der Waals surface area contributed by atoms with Crippen LogP contribution >= 0.6 is 23.4 Å². The number of halogens is 1. The lowest BCUT2D eigenvalue weighted by Crippen LogP contribution is -2.17. The molecule has 1 amide bonds. The van der Waals surface area contributed by atoms with E-state index in [1.165, 1.54) is 20.3 Å². The number of hydrogen-bond acceptors (Lipinski definition) is 9. The number of thioether (sulfide) groups is 1. The number of hydrogen-bond donors (Lipinski definition) is 2. The predicted molar refractivity (Wildman–Crippen MR) is 121 cm³/mol. The van der Waals surface area contributed by atoms with Gasteiger partial charge in [0.2, 0.25) is 23.6 Å². The van der Waals surface area contributed by atoms with Crippen molar-refractivity contribution in [3.63, 3.8) is 0 Å². The Morgan fingerprint density at radius 1 is 1.10 bits per heavy atom. The summed E-state index contributed by atoms with van der Waals surface area (Å²) in [4.78, 5) is 29.4. The number of carbonyl (C=O) groups is 1. The van der Waals surface area contributed by atoms with E-state index in [0.717, 1.165) is 28.6 Å². The van der Waals surface area contributed by atoms with E-state index in [-0.39, 0.29) is 29.4 Å². The SMILES string of the molecule is CCc1nc(SCC(=O)Nc2nc(OC)cc(OC)n2)nc(N)c1-c1ccc(Cl)cc1. The Bertz CT molecular complexity index is 1060. The van der Waals surface area contributed by atoms with Crippen LogP contribution in [0.25, 0.3) is 11.1 Å². The number of carbonyl (C=O) groups excluding carboxylic acids is 1. The second-order valence-electron chi connectivity index (χ2n) is 6.19. The Kier molecular flexibility index (Phi) is 7.48. The highest BCUT2D eigenvalue weighted by molar-refractivity contribution is 7.99. The molecule has 0 spiro atoms. The van der Waals surface area contributed by atoms with E-state index >= 15 is 0 Å². The molecule has 0 unspecified atom stereocenters. The largest absolute Gasteiger partial charge is 0.481 e. The maximum absolute atomic E-state index is 12.4. The van der Waals surface area contributed by atoms with Crippen molar-refractivity contribution in [1.82, 2.24) is 19.9 Å². The molecular weight excluding hydrogens is 440 g/mol. The molecule has 0 atom stereocenters. The molecule has 0 saturated carbocycles. The molecule has 0 radical (unpaired) electrons. The Morgan fingerprint density at radius 3 is 2.32 bits per heavy atom. The average molecular weight is 461 g/mol. The van der Waals surface area contributed by atoms with Gasteiger partial charge >= 0.3 is 0 Å². The third-order valence-corrected chi connectivity index (χ3v) is 5.24. The summed E-state index contributed by atoms with van der Waals surface area (Å²) in [5.74, 6) is 0.688. The first-order valence-corrected chi connectivity index (χ1v) is 10.6. The molecule has 11 heteroatoms. The van der Waals surface area contributed by atoms with Gasteiger partial charge in [0.25, 0.3) is 0 Å². The summed E-state index contributed by atoms with van der Waals surface area (Å²) in [5, 5.41) is 3.65. The molecule has 2 aromatic heterocycles. The molecule has 3 N–H and O–H groups in total. The van der Waals surface area contributed by atoms with E-state index in [1.807, 2.05) is 19.1 Å². The van der Waals surface area contributed by atoms with Gasteiger partial charge in [-0.1, -0.05) is 42.4 Å². The van der Waals surface area contributed by atoms with Crippen LogP contribution in [0.1, 0.15) is 12.6 Å². The van der Waals surface area contributed by atoms with Crippen molar-refractivity contribution in [2.75, 3.05) is 31.0 Å².